The number of hydrogen-bond acceptors (Lipinski definition) is 1. The van der Waals surface area contributed by atoms with Crippen molar-refractivity contribution in [2.45, 2.75) is 19.8 Å². The van der Waals surface area contributed by atoms with Crippen LogP contribution < -0.4 is 0 Å². The number of rotatable bonds is 4. The highest BCUT2D eigenvalue weighted by atomic mass is 16.2. The highest BCUT2D eigenvalue weighted by Crippen LogP contribution is 1.88. The van der Waals surface area contributed by atoms with Gasteiger partial charge in [0, 0.05) is 6.61 Å². The highest BCUT2D eigenvalue weighted by Gasteiger charge is 1.75. The molecule has 0 aromatic heterocycles. The van der Waals surface area contributed by atoms with E-state index in [4.69, 9.17) is 5.11 Å². The van der Waals surface area contributed by atoms with E-state index >= 15 is 0 Å². The normalized spacial score (nSPS) is 8.67. The molecule has 1 heteroatoms. The Hall–Kier alpha value is -1.88. The van der Waals surface area contributed by atoms with E-state index in [1.54, 1.807) is 13.0 Å². The van der Waals surface area contributed by atoms with Gasteiger partial charge in [-0.15, -0.1) is 0 Å². The third-order valence-corrected chi connectivity index (χ3v) is 1.34. The van der Waals surface area contributed by atoms with Gasteiger partial charge in [0.05, 0.1) is 0 Å². The Morgan fingerprint density at radius 1 is 1.07 bits per heavy atom. The van der Waals surface area contributed by atoms with Gasteiger partial charge in [-0.25, -0.2) is 0 Å². The van der Waals surface area contributed by atoms with Gasteiger partial charge in [0.1, 0.15) is 0 Å². The van der Waals surface area contributed by atoms with Crippen LogP contribution in [0.3, 0.4) is 0 Å². The summed E-state index contributed by atoms with van der Waals surface area (Å²) in [6.07, 6.45) is 9.16. The molecule has 0 aliphatic rings. The Bertz CT molecular complexity index is 380. The molecule has 1 N–H and O–H groups in total. The molecule has 0 amide bonds. The average Bonchev–Trinajstić information content (AvgIpc) is 2.26. The van der Waals surface area contributed by atoms with Gasteiger partial charge in [-0.05, 0) is 49.5 Å². The molecule has 0 unspecified atom stereocenters. The second-order valence-electron chi connectivity index (χ2n) is 2.55. The lowest BCUT2D eigenvalue weighted by Crippen LogP contribution is -1.77. The minimum Gasteiger partial charge on any atom is -0.396 e. The van der Waals surface area contributed by atoms with Gasteiger partial charge in [-0.2, -0.15) is 0 Å². The van der Waals surface area contributed by atoms with Crippen molar-refractivity contribution in [2.75, 3.05) is 6.61 Å². The van der Waals surface area contributed by atoms with Gasteiger partial charge in [-0.1, -0.05) is 30.1 Å². The van der Waals surface area contributed by atoms with Crippen molar-refractivity contribution in [2.24, 2.45) is 0 Å². The second kappa shape index (κ2) is 12.1. The molecule has 0 bridgehead atoms. The molecule has 0 aliphatic heterocycles. The molecule has 0 radical (unpaired) electrons. The van der Waals surface area contributed by atoms with Crippen LogP contribution in [0.2, 0.25) is 0 Å². The summed E-state index contributed by atoms with van der Waals surface area (Å²) in [5.41, 5.74) is 0. The van der Waals surface area contributed by atoms with Crippen molar-refractivity contribution < 1.29 is 5.11 Å². The van der Waals surface area contributed by atoms with E-state index in [0.717, 1.165) is 12.8 Å². The molecule has 0 aromatic rings. The van der Waals surface area contributed by atoms with Gasteiger partial charge in [0.2, 0.25) is 0 Å². The van der Waals surface area contributed by atoms with Crippen LogP contribution in [0.15, 0.2) is 24.3 Å². The predicted molar refractivity (Wildman–Crippen MR) is 63.6 cm³/mol. The highest BCUT2D eigenvalue weighted by molar-refractivity contribution is 5.37. The monoisotopic (exact) mass is 198 g/mol. The maximum absolute atomic E-state index is 8.51. The van der Waals surface area contributed by atoms with Crippen molar-refractivity contribution >= 4 is 0 Å². The van der Waals surface area contributed by atoms with Crippen LogP contribution in [-0.4, -0.2) is 11.7 Å². The van der Waals surface area contributed by atoms with Crippen molar-refractivity contribution in [3.8, 4) is 35.5 Å². The maximum Gasteiger partial charge on any atom is 0.0433 e. The molecule has 0 fully saturated rings. The van der Waals surface area contributed by atoms with Gasteiger partial charge in [0.15, 0.2) is 0 Å². The zero-order chi connectivity index (χ0) is 11.2. The minimum atomic E-state index is 0.238. The lowest BCUT2D eigenvalue weighted by Gasteiger charge is -1.84. The Morgan fingerprint density at radius 3 is 2.60 bits per heavy atom. The number of allylic oxidation sites excluding steroid dienone is 4. The van der Waals surface area contributed by atoms with E-state index in [9.17, 15) is 0 Å². The molecule has 15 heavy (non-hydrogen) atoms. The Morgan fingerprint density at radius 2 is 1.87 bits per heavy atom. The van der Waals surface area contributed by atoms with Crippen LogP contribution in [0.1, 0.15) is 19.8 Å². The number of aliphatic hydroxyl groups is 1. The van der Waals surface area contributed by atoms with Crippen molar-refractivity contribution in [1.29, 1.82) is 0 Å². The van der Waals surface area contributed by atoms with Crippen molar-refractivity contribution in [3.05, 3.63) is 24.3 Å². The fraction of sp³-hybridized carbons (Fsp3) is 0.286. The van der Waals surface area contributed by atoms with Crippen LogP contribution >= 0.6 is 0 Å². The van der Waals surface area contributed by atoms with E-state index in [-0.39, 0.29) is 6.61 Å². The first-order chi connectivity index (χ1) is 7.41. The third kappa shape index (κ3) is 12.1. The van der Waals surface area contributed by atoms with Gasteiger partial charge >= 0.3 is 0 Å². The molecule has 0 spiro atoms. The summed E-state index contributed by atoms with van der Waals surface area (Å²) >= 11 is 0. The largest absolute Gasteiger partial charge is 0.396 e. The van der Waals surface area contributed by atoms with E-state index in [1.165, 1.54) is 0 Å². The van der Waals surface area contributed by atoms with Gasteiger partial charge < -0.3 is 5.11 Å². The summed E-state index contributed by atoms with van der Waals surface area (Å²) in [4.78, 5) is 0. The molecule has 1 nitrogen and oxygen atoms in total. The molecular weight excluding hydrogens is 184 g/mol. The van der Waals surface area contributed by atoms with Crippen LogP contribution in [0.25, 0.3) is 0 Å². The predicted octanol–water partition coefficient (Wildman–Crippen LogP) is 1.90. The molecule has 0 aliphatic carbocycles. The first kappa shape index (κ1) is 13.1. The average molecular weight is 198 g/mol. The fourth-order valence-corrected chi connectivity index (χ4v) is 0.690. The molecular formula is C14H14O. The summed E-state index contributed by atoms with van der Waals surface area (Å²) < 4.78 is 0. The molecule has 0 rings (SSSR count). The molecule has 0 aromatic carbocycles. The van der Waals surface area contributed by atoms with E-state index in [0.29, 0.717) is 0 Å². The summed E-state index contributed by atoms with van der Waals surface area (Å²) in [5, 5.41) is 8.51. The quantitative estimate of drug-likeness (QED) is 0.415. The van der Waals surface area contributed by atoms with E-state index < -0.39 is 0 Å². The number of aliphatic hydroxyl groups excluding tert-OH is 1. The first-order valence-corrected chi connectivity index (χ1v) is 4.76. The van der Waals surface area contributed by atoms with Crippen LogP contribution in [0.5, 0.6) is 0 Å². The lowest BCUT2D eigenvalue weighted by atomic mass is 10.3. The third-order valence-electron chi connectivity index (χ3n) is 1.34. The standard InChI is InChI=1S/C14H14O/c1-2-3-4-5-6-7-8-9-10-11-12-13-14-15/h8-11,15H,12-14H2,1H3. The molecule has 0 saturated heterocycles. The number of hydrogen-bond donors (Lipinski definition) is 1. The lowest BCUT2D eigenvalue weighted by molar-refractivity contribution is 0.289. The van der Waals surface area contributed by atoms with Gasteiger partial charge in [-0.3, -0.25) is 0 Å². The van der Waals surface area contributed by atoms with Crippen molar-refractivity contribution in [1.82, 2.24) is 0 Å². The summed E-state index contributed by atoms with van der Waals surface area (Å²) in [6, 6.07) is 0. The van der Waals surface area contributed by atoms with Crippen LogP contribution in [0, 0.1) is 35.5 Å². The molecule has 0 heterocycles. The Kier molecular flexibility index (Phi) is 10.6. The van der Waals surface area contributed by atoms with Crippen molar-refractivity contribution in [3.63, 3.8) is 0 Å². The molecule has 0 saturated carbocycles. The van der Waals surface area contributed by atoms with E-state index in [1.807, 2.05) is 18.2 Å². The second-order valence-corrected chi connectivity index (χ2v) is 2.55. The van der Waals surface area contributed by atoms with E-state index in [2.05, 4.69) is 35.5 Å². The van der Waals surface area contributed by atoms with Gasteiger partial charge in [0.25, 0.3) is 0 Å². The molecule has 0 atom stereocenters. The summed E-state index contributed by atoms with van der Waals surface area (Å²) in [6.45, 7) is 1.97. The zero-order valence-electron chi connectivity index (χ0n) is 8.88. The maximum atomic E-state index is 8.51. The minimum absolute atomic E-state index is 0.238. The summed E-state index contributed by atoms with van der Waals surface area (Å²) in [7, 11) is 0. The smallest absolute Gasteiger partial charge is 0.0433 e. The SMILES string of the molecule is CC#CC#CC#CC=CC=CCCCO. The van der Waals surface area contributed by atoms with Crippen LogP contribution in [-0.2, 0) is 0 Å². The fourth-order valence-electron chi connectivity index (χ4n) is 0.690. The van der Waals surface area contributed by atoms with Crippen LogP contribution in [0.4, 0.5) is 0 Å². The summed E-state index contributed by atoms with van der Waals surface area (Å²) in [5.74, 6) is 15.9. The zero-order valence-corrected chi connectivity index (χ0v) is 8.88. The Balaban J connectivity index is 3.74. The Labute approximate surface area is 91.9 Å². The first-order valence-electron chi connectivity index (χ1n) is 4.76. The molecule has 76 valence electrons. The topological polar surface area (TPSA) is 20.2 Å². The number of unbranched alkanes of at least 4 members (excludes halogenated alkanes) is 1.